The van der Waals surface area contributed by atoms with Crippen LogP contribution in [0.2, 0.25) is 0 Å². The molecule has 2 fully saturated rings. The zero-order valence-electron chi connectivity index (χ0n) is 16.4. The van der Waals surface area contributed by atoms with E-state index in [0.29, 0.717) is 25.8 Å². The summed E-state index contributed by atoms with van der Waals surface area (Å²) in [4.78, 5) is 24.4. The lowest BCUT2D eigenvalue weighted by Gasteiger charge is -2.32. The maximum Gasteiger partial charge on any atom is 0.273 e. The molecule has 3 heterocycles. The van der Waals surface area contributed by atoms with Crippen LogP contribution in [0.5, 0.6) is 0 Å². The molecule has 0 atom stereocenters. The lowest BCUT2D eigenvalue weighted by atomic mass is 10.0. The predicted molar refractivity (Wildman–Crippen MR) is 110 cm³/mol. The van der Waals surface area contributed by atoms with Crippen LogP contribution in [0, 0.1) is 10.1 Å². The predicted octanol–water partition coefficient (Wildman–Crippen LogP) is 2.30. The van der Waals surface area contributed by atoms with E-state index in [1.165, 1.54) is 0 Å². The highest BCUT2D eigenvalue weighted by atomic mass is 16.6. The normalized spacial score (nSPS) is 18.6. The summed E-state index contributed by atoms with van der Waals surface area (Å²) in [7, 11) is 0. The summed E-state index contributed by atoms with van der Waals surface area (Å²) < 4.78 is 5.39. The van der Waals surface area contributed by atoms with Gasteiger partial charge in [0.2, 0.25) is 5.95 Å². The molecule has 0 spiro atoms. The number of likely N-dealkylation sites (tertiary alicyclic amines) is 1. The van der Waals surface area contributed by atoms with Gasteiger partial charge in [-0.3, -0.25) is 15.0 Å². The van der Waals surface area contributed by atoms with Crippen molar-refractivity contribution in [3.8, 4) is 0 Å². The number of nitro benzene ring substituents is 1. The average Bonchev–Trinajstić information content (AvgIpc) is 2.76. The molecular formula is C20H26N6O3. The van der Waals surface area contributed by atoms with Crippen LogP contribution < -0.4 is 10.2 Å². The van der Waals surface area contributed by atoms with Crippen LogP contribution in [0.25, 0.3) is 0 Å². The number of benzene rings is 1. The van der Waals surface area contributed by atoms with Gasteiger partial charge in [0.15, 0.2) is 0 Å². The Morgan fingerprint density at radius 1 is 1.14 bits per heavy atom. The molecule has 0 saturated carbocycles. The number of ether oxygens (including phenoxy) is 1. The van der Waals surface area contributed by atoms with Gasteiger partial charge in [-0.15, -0.1) is 0 Å². The van der Waals surface area contributed by atoms with Crippen LogP contribution in [0.3, 0.4) is 0 Å². The first kappa shape index (κ1) is 19.5. The lowest BCUT2D eigenvalue weighted by Crippen LogP contribution is -2.39. The number of para-hydroxylation sites is 1. The highest BCUT2D eigenvalue weighted by Gasteiger charge is 2.22. The number of morpholine rings is 1. The van der Waals surface area contributed by atoms with E-state index in [9.17, 15) is 10.1 Å². The van der Waals surface area contributed by atoms with Gasteiger partial charge >= 0.3 is 0 Å². The summed E-state index contributed by atoms with van der Waals surface area (Å²) in [5.74, 6) is 1.59. The van der Waals surface area contributed by atoms with Crippen molar-refractivity contribution in [3.05, 3.63) is 52.2 Å². The van der Waals surface area contributed by atoms with Crippen molar-refractivity contribution in [1.29, 1.82) is 0 Å². The lowest BCUT2D eigenvalue weighted by molar-refractivity contribution is -0.385. The topological polar surface area (TPSA) is 96.7 Å². The molecule has 2 saturated heterocycles. The Bertz CT molecular complexity index is 834. The fourth-order valence-electron chi connectivity index (χ4n) is 3.85. The molecule has 9 heteroatoms. The third-order valence-electron chi connectivity index (χ3n) is 5.46. The Balaban J connectivity index is 1.31. The molecule has 154 valence electrons. The summed E-state index contributed by atoms with van der Waals surface area (Å²) in [6.45, 7) is 5.44. The van der Waals surface area contributed by atoms with E-state index >= 15 is 0 Å². The molecule has 0 bridgehead atoms. The summed E-state index contributed by atoms with van der Waals surface area (Å²) >= 11 is 0. The van der Waals surface area contributed by atoms with Crippen molar-refractivity contribution in [2.24, 2.45) is 0 Å². The highest BCUT2D eigenvalue weighted by Crippen LogP contribution is 2.23. The van der Waals surface area contributed by atoms with Crippen LogP contribution in [0.1, 0.15) is 18.4 Å². The van der Waals surface area contributed by atoms with Crippen LogP contribution >= 0.6 is 0 Å². The van der Waals surface area contributed by atoms with Crippen LogP contribution in [0.4, 0.5) is 17.5 Å². The first-order chi connectivity index (χ1) is 14.2. The van der Waals surface area contributed by atoms with Crippen molar-refractivity contribution in [2.75, 3.05) is 49.6 Å². The van der Waals surface area contributed by atoms with E-state index in [0.717, 1.165) is 56.4 Å². The average molecular weight is 398 g/mol. The van der Waals surface area contributed by atoms with E-state index in [2.05, 4.69) is 25.1 Å². The molecule has 1 aromatic carbocycles. The third kappa shape index (κ3) is 4.99. The molecule has 4 rings (SSSR count). The fourth-order valence-corrected chi connectivity index (χ4v) is 3.85. The summed E-state index contributed by atoms with van der Waals surface area (Å²) in [6.07, 6.45) is 3.73. The maximum absolute atomic E-state index is 11.2. The molecule has 29 heavy (non-hydrogen) atoms. The number of aromatic nitrogens is 2. The Morgan fingerprint density at radius 2 is 1.90 bits per heavy atom. The molecule has 2 aliphatic rings. The van der Waals surface area contributed by atoms with Crippen LogP contribution in [-0.4, -0.2) is 65.2 Å². The second-order valence-corrected chi connectivity index (χ2v) is 7.42. The number of hydrogen-bond donors (Lipinski definition) is 1. The molecule has 0 amide bonds. The Morgan fingerprint density at radius 3 is 2.66 bits per heavy atom. The van der Waals surface area contributed by atoms with E-state index in [4.69, 9.17) is 4.74 Å². The van der Waals surface area contributed by atoms with Crippen molar-refractivity contribution in [1.82, 2.24) is 14.9 Å². The quantitative estimate of drug-likeness (QED) is 0.585. The second-order valence-electron chi connectivity index (χ2n) is 7.42. The maximum atomic E-state index is 11.2. The number of piperidine rings is 1. The Hall–Kier alpha value is -2.78. The van der Waals surface area contributed by atoms with E-state index in [1.54, 1.807) is 18.3 Å². The monoisotopic (exact) mass is 398 g/mol. The highest BCUT2D eigenvalue weighted by molar-refractivity contribution is 5.42. The number of rotatable bonds is 6. The second kappa shape index (κ2) is 9.15. The minimum atomic E-state index is -0.301. The molecule has 1 aromatic heterocycles. The molecule has 0 radical (unpaired) electrons. The van der Waals surface area contributed by atoms with Gasteiger partial charge in [-0.05, 0) is 18.9 Å². The van der Waals surface area contributed by atoms with Gasteiger partial charge in [-0.1, -0.05) is 18.2 Å². The zero-order valence-corrected chi connectivity index (χ0v) is 16.4. The largest absolute Gasteiger partial charge is 0.378 e. The standard InChI is InChI=1S/C20H26N6O3/c27-26(28)18-4-2-1-3-16(18)15-24-9-6-17(7-10-24)22-19-5-8-21-20(23-19)25-11-13-29-14-12-25/h1-5,8,17H,6-7,9-15H2,(H,21,22,23). The number of hydrogen-bond acceptors (Lipinski definition) is 8. The summed E-state index contributed by atoms with van der Waals surface area (Å²) in [5.41, 5.74) is 0.972. The van der Waals surface area contributed by atoms with Gasteiger partial charge in [0.25, 0.3) is 5.69 Å². The number of nitrogens with one attached hydrogen (secondary N) is 1. The summed E-state index contributed by atoms with van der Waals surface area (Å²) in [5, 5.41) is 14.7. The van der Waals surface area contributed by atoms with E-state index < -0.39 is 0 Å². The van der Waals surface area contributed by atoms with Gasteiger partial charge < -0.3 is 15.0 Å². The van der Waals surface area contributed by atoms with Gasteiger partial charge in [0.05, 0.1) is 18.1 Å². The van der Waals surface area contributed by atoms with Crippen molar-refractivity contribution in [2.45, 2.75) is 25.4 Å². The first-order valence-electron chi connectivity index (χ1n) is 10.1. The number of anilines is 2. The number of nitro groups is 1. The SMILES string of the molecule is O=[N+]([O-])c1ccccc1CN1CCC(Nc2ccnc(N3CCOCC3)n2)CC1. The molecular weight excluding hydrogens is 372 g/mol. The van der Waals surface area contributed by atoms with Crippen molar-refractivity contribution >= 4 is 17.5 Å². The molecule has 9 nitrogen and oxygen atoms in total. The van der Waals surface area contributed by atoms with Gasteiger partial charge in [-0.25, -0.2) is 4.98 Å². The minimum absolute atomic E-state index is 0.198. The third-order valence-corrected chi connectivity index (χ3v) is 5.46. The Kier molecular flexibility index (Phi) is 6.16. The zero-order chi connectivity index (χ0) is 20.1. The molecule has 1 N–H and O–H groups in total. The Labute approximate surface area is 169 Å². The number of nitrogens with zero attached hydrogens (tertiary/aromatic N) is 5. The van der Waals surface area contributed by atoms with E-state index in [1.807, 2.05) is 18.2 Å². The van der Waals surface area contributed by atoms with Gasteiger partial charge in [0.1, 0.15) is 5.82 Å². The smallest absolute Gasteiger partial charge is 0.273 e. The first-order valence-corrected chi connectivity index (χ1v) is 10.1. The van der Waals surface area contributed by atoms with E-state index in [-0.39, 0.29) is 10.6 Å². The molecule has 0 aliphatic carbocycles. The van der Waals surface area contributed by atoms with Gasteiger partial charge in [0, 0.05) is 56.6 Å². The minimum Gasteiger partial charge on any atom is -0.378 e. The molecule has 2 aromatic rings. The van der Waals surface area contributed by atoms with Crippen LogP contribution in [-0.2, 0) is 11.3 Å². The van der Waals surface area contributed by atoms with Crippen molar-refractivity contribution < 1.29 is 9.66 Å². The fraction of sp³-hybridized carbons (Fsp3) is 0.500. The van der Waals surface area contributed by atoms with Crippen LogP contribution in [0.15, 0.2) is 36.5 Å². The molecule has 0 unspecified atom stereocenters. The molecule has 2 aliphatic heterocycles. The van der Waals surface area contributed by atoms with Gasteiger partial charge in [-0.2, -0.15) is 4.98 Å². The van der Waals surface area contributed by atoms with Crippen molar-refractivity contribution in [3.63, 3.8) is 0 Å². The summed E-state index contributed by atoms with van der Waals surface area (Å²) in [6, 6.07) is 9.23.